The number of amides is 1. The second-order valence-corrected chi connectivity index (χ2v) is 4.98. The van der Waals surface area contributed by atoms with Crippen LogP contribution in [0.25, 0.3) is 0 Å². The molecule has 0 aliphatic rings. The van der Waals surface area contributed by atoms with Gasteiger partial charge in [-0.15, -0.1) is 9.24 Å². The first-order chi connectivity index (χ1) is 5.86. The Bertz CT molecular complexity index is 161. The van der Waals surface area contributed by atoms with E-state index in [2.05, 4.69) is 35.3 Å². The Hall–Kier alpha value is -0.140. The maximum absolute atomic E-state index is 11.3. The van der Waals surface area contributed by atoms with Gasteiger partial charge in [0.2, 0.25) is 5.91 Å². The second-order valence-electron chi connectivity index (χ2n) is 3.93. The van der Waals surface area contributed by atoms with Crippen LogP contribution in [0.2, 0.25) is 0 Å². The van der Waals surface area contributed by atoms with Crippen LogP contribution in [-0.4, -0.2) is 23.6 Å². The fourth-order valence-corrected chi connectivity index (χ4v) is 1.74. The summed E-state index contributed by atoms with van der Waals surface area (Å²) in [5.41, 5.74) is 5.83. The standard InChI is InChI=1S/C9H21N2OP/c1-5(2)8(7(4)13)11-9(12)6(3)10/h5-8H,10,13H2,1-4H3,(H,11,12). The van der Waals surface area contributed by atoms with Gasteiger partial charge in [0.05, 0.1) is 6.04 Å². The number of nitrogens with two attached hydrogens (primary N) is 1. The highest BCUT2D eigenvalue weighted by Crippen LogP contribution is 2.13. The van der Waals surface area contributed by atoms with Crippen molar-refractivity contribution in [1.29, 1.82) is 0 Å². The van der Waals surface area contributed by atoms with Gasteiger partial charge >= 0.3 is 0 Å². The Labute approximate surface area is 83.0 Å². The van der Waals surface area contributed by atoms with Crippen molar-refractivity contribution in [3.63, 3.8) is 0 Å². The largest absolute Gasteiger partial charge is 0.351 e. The minimum absolute atomic E-state index is 0.0759. The van der Waals surface area contributed by atoms with Crippen LogP contribution in [-0.2, 0) is 4.79 Å². The van der Waals surface area contributed by atoms with Crippen LogP contribution < -0.4 is 11.1 Å². The zero-order valence-electron chi connectivity index (χ0n) is 8.87. The molecule has 0 aromatic rings. The molecule has 0 spiro atoms. The molecule has 3 nitrogen and oxygen atoms in total. The van der Waals surface area contributed by atoms with E-state index in [9.17, 15) is 4.79 Å². The molecule has 0 heterocycles. The minimum atomic E-state index is -0.426. The van der Waals surface area contributed by atoms with Gasteiger partial charge in [0.25, 0.3) is 0 Å². The van der Waals surface area contributed by atoms with Gasteiger partial charge in [0.1, 0.15) is 0 Å². The number of rotatable bonds is 4. The lowest BCUT2D eigenvalue weighted by Gasteiger charge is -2.26. The van der Waals surface area contributed by atoms with Crippen molar-refractivity contribution in [1.82, 2.24) is 5.32 Å². The van der Waals surface area contributed by atoms with Crippen molar-refractivity contribution in [2.45, 2.75) is 45.4 Å². The summed E-state index contributed by atoms with van der Waals surface area (Å²) in [7, 11) is 2.71. The first kappa shape index (κ1) is 12.9. The Morgan fingerprint density at radius 2 is 1.77 bits per heavy atom. The Kier molecular flexibility index (Phi) is 5.50. The van der Waals surface area contributed by atoms with Crippen LogP contribution in [0.4, 0.5) is 0 Å². The van der Waals surface area contributed by atoms with E-state index >= 15 is 0 Å². The monoisotopic (exact) mass is 204 g/mol. The fraction of sp³-hybridized carbons (Fsp3) is 0.889. The van der Waals surface area contributed by atoms with E-state index in [1.54, 1.807) is 6.92 Å². The normalized spacial score (nSPS) is 18.1. The van der Waals surface area contributed by atoms with Crippen LogP contribution in [0.5, 0.6) is 0 Å². The van der Waals surface area contributed by atoms with E-state index < -0.39 is 6.04 Å². The molecule has 0 radical (unpaired) electrons. The smallest absolute Gasteiger partial charge is 0.236 e. The Morgan fingerprint density at radius 3 is 2.00 bits per heavy atom. The second kappa shape index (κ2) is 5.56. The predicted molar refractivity (Wildman–Crippen MR) is 59.6 cm³/mol. The van der Waals surface area contributed by atoms with Gasteiger partial charge in [-0.25, -0.2) is 0 Å². The molecule has 78 valence electrons. The van der Waals surface area contributed by atoms with Crippen molar-refractivity contribution in [3.8, 4) is 0 Å². The Morgan fingerprint density at radius 1 is 1.31 bits per heavy atom. The average Bonchev–Trinajstić information content (AvgIpc) is 1.97. The summed E-state index contributed by atoms with van der Waals surface area (Å²) in [6.45, 7) is 7.94. The molecule has 3 N–H and O–H groups in total. The predicted octanol–water partition coefficient (Wildman–Crippen LogP) is 0.738. The molecule has 0 rings (SSSR count). The number of carbonyl (C=O) groups excluding carboxylic acids is 1. The summed E-state index contributed by atoms with van der Waals surface area (Å²) in [6.07, 6.45) is 0. The van der Waals surface area contributed by atoms with E-state index in [0.717, 1.165) is 0 Å². The van der Waals surface area contributed by atoms with E-state index in [1.807, 2.05) is 0 Å². The van der Waals surface area contributed by atoms with Crippen LogP contribution in [0.3, 0.4) is 0 Å². The number of nitrogens with one attached hydrogen (secondary N) is 1. The molecule has 0 aromatic heterocycles. The highest BCUT2D eigenvalue weighted by atomic mass is 31.0. The molecule has 1 amide bonds. The molecule has 4 heteroatoms. The van der Waals surface area contributed by atoms with Gasteiger partial charge in [-0.05, 0) is 18.5 Å². The maximum Gasteiger partial charge on any atom is 0.236 e. The number of hydrogen-bond acceptors (Lipinski definition) is 2. The third-order valence-corrected chi connectivity index (χ3v) is 2.42. The fourth-order valence-electron chi connectivity index (χ4n) is 1.20. The van der Waals surface area contributed by atoms with E-state index in [4.69, 9.17) is 5.73 Å². The third-order valence-electron chi connectivity index (χ3n) is 2.01. The molecule has 13 heavy (non-hydrogen) atoms. The quantitative estimate of drug-likeness (QED) is 0.663. The topological polar surface area (TPSA) is 55.1 Å². The van der Waals surface area contributed by atoms with Crippen LogP contribution in [0.15, 0.2) is 0 Å². The molecule has 4 unspecified atom stereocenters. The van der Waals surface area contributed by atoms with Crippen molar-refractivity contribution < 1.29 is 4.79 Å². The SMILES string of the molecule is CC(N)C(=O)NC(C(C)C)C(C)P. The molecule has 0 bridgehead atoms. The number of hydrogen-bond donors (Lipinski definition) is 2. The summed E-state index contributed by atoms with van der Waals surface area (Å²) < 4.78 is 0. The zero-order valence-corrected chi connectivity index (χ0v) is 10.0. The highest BCUT2D eigenvalue weighted by Gasteiger charge is 2.20. The van der Waals surface area contributed by atoms with Crippen molar-refractivity contribution >= 4 is 15.1 Å². The highest BCUT2D eigenvalue weighted by molar-refractivity contribution is 7.17. The van der Waals surface area contributed by atoms with Crippen molar-refractivity contribution in [3.05, 3.63) is 0 Å². The summed E-state index contributed by atoms with van der Waals surface area (Å²) >= 11 is 0. The molecule has 4 atom stereocenters. The molecule has 0 saturated carbocycles. The maximum atomic E-state index is 11.3. The average molecular weight is 204 g/mol. The summed E-state index contributed by atoms with van der Waals surface area (Å²) in [6, 6.07) is -0.242. The van der Waals surface area contributed by atoms with Crippen LogP contribution in [0.1, 0.15) is 27.7 Å². The molecule has 0 fully saturated rings. The first-order valence-electron chi connectivity index (χ1n) is 4.67. The molecule has 0 aliphatic carbocycles. The van der Waals surface area contributed by atoms with Crippen LogP contribution >= 0.6 is 9.24 Å². The zero-order chi connectivity index (χ0) is 10.6. The van der Waals surface area contributed by atoms with Crippen molar-refractivity contribution in [2.24, 2.45) is 11.7 Å². The lowest BCUT2D eigenvalue weighted by Crippen LogP contribution is -2.49. The molecule has 0 saturated heterocycles. The van der Waals surface area contributed by atoms with Gasteiger partial charge in [-0.3, -0.25) is 4.79 Å². The van der Waals surface area contributed by atoms with E-state index in [-0.39, 0.29) is 11.9 Å². The molecular formula is C9H21N2OP. The lowest BCUT2D eigenvalue weighted by molar-refractivity contribution is -0.123. The van der Waals surface area contributed by atoms with Gasteiger partial charge in [0.15, 0.2) is 0 Å². The van der Waals surface area contributed by atoms with Crippen LogP contribution in [0, 0.1) is 5.92 Å². The molecule has 0 aromatic carbocycles. The molecular weight excluding hydrogens is 183 g/mol. The van der Waals surface area contributed by atoms with Gasteiger partial charge in [-0.1, -0.05) is 20.8 Å². The first-order valence-corrected chi connectivity index (χ1v) is 5.34. The summed E-state index contributed by atoms with van der Waals surface area (Å²) in [4.78, 5) is 11.3. The van der Waals surface area contributed by atoms with E-state index in [1.165, 1.54) is 0 Å². The minimum Gasteiger partial charge on any atom is -0.351 e. The molecule has 0 aliphatic heterocycles. The third kappa shape index (κ3) is 4.58. The van der Waals surface area contributed by atoms with Gasteiger partial charge in [-0.2, -0.15) is 0 Å². The Balaban J connectivity index is 4.19. The van der Waals surface area contributed by atoms with Crippen molar-refractivity contribution in [2.75, 3.05) is 0 Å². The lowest BCUT2D eigenvalue weighted by atomic mass is 10.0. The van der Waals surface area contributed by atoms with E-state index in [0.29, 0.717) is 11.6 Å². The summed E-state index contributed by atoms with van der Waals surface area (Å²) in [5, 5.41) is 2.93. The van der Waals surface area contributed by atoms with Gasteiger partial charge < -0.3 is 11.1 Å². The summed E-state index contributed by atoms with van der Waals surface area (Å²) in [5.74, 6) is 0.350. The number of carbonyl (C=O) groups is 1. The van der Waals surface area contributed by atoms with Gasteiger partial charge in [0, 0.05) is 6.04 Å².